The van der Waals surface area contributed by atoms with Crippen LogP contribution in [0, 0.1) is 0 Å². The van der Waals surface area contributed by atoms with Gasteiger partial charge in [0.1, 0.15) is 5.75 Å². The van der Waals surface area contributed by atoms with Gasteiger partial charge in [-0.25, -0.2) is 0 Å². The molecule has 1 aromatic rings. The summed E-state index contributed by atoms with van der Waals surface area (Å²) in [4.78, 5) is 11.1. The largest absolute Gasteiger partial charge is 0.508 e. The number of carbonyl (C=O) groups is 1. The van der Waals surface area contributed by atoms with Crippen LogP contribution in [-0.4, -0.2) is 17.6 Å². The maximum absolute atomic E-state index is 11.1. The van der Waals surface area contributed by atoms with Gasteiger partial charge in [0, 0.05) is 13.0 Å². The molecule has 0 atom stereocenters. The SMILES string of the molecule is C=CCC(=O)NCCc1ccc(O)cc1. The summed E-state index contributed by atoms with van der Waals surface area (Å²) in [5.41, 5.74) is 1.09. The molecule has 0 aromatic heterocycles. The van der Waals surface area contributed by atoms with Crippen molar-refractivity contribution in [2.45, 2.75) is 12.8 Å². The van der Waals surface area contributed by atoms with Gasteiger partial charge in [0.05, 0.1) is 0 Å². The van der Waals surface area contributed by atoms with Crippen LogP contribution in [0.3, 0.4) is 0 Å². The highest BCUT2D eigenvalue weighted by Gasteiger charge is 1.97. The fourth-order valence-electron chi connectivity index (χ4n) is 1.21. The molecular weight excluding hydrogens is 190 g/mol. The third-order valence-corrected chi connectivity index (χ3v) is 2.00. The van der Waals surface area contributed by atoms with Crippen LogP contribution in [0.25, 0.3) is 0 Å². The van der Waals surface area contributed by atoms with E-state index in [0.29, 0.717) is 13.0 Å². The number of rotatable bonds is 5. The molecule has 0 aliphatic carbocycles. The molecule has 0 spiro atoms. The summed E-state index contributed by atoms with van der Waals surface area (Å²) < 4.78 is 0. The Kier molecular flexibility index (Phi) is 4.41. The van der Waals surface area contributed by atoms with E-state index in [1.54, 1.807) is 18.2 Å². The maximum Gasteiger partial charge on any atom is 0.223 e. The smallest absolute Gasteiger partial charge is 0.223 e. The van der Waals surface area contributed by atoms with Gasteiger partial charge in [-0.3, -0.25) is 4.79 Å². The minimum atomic E-state index is -0.0104. The summed E-state index contributed by atoms with van der Waals surface area (Å²) in [5, 5.41) is 11.8. The monoisotopic (exact) mass is 205 g/mol. The normalized spacial score (nSPS) is 9.60. The minimum Gasteiger partial charge on any atom is -0.508 e. The van der Waals surface area contributed by atoms with Crippen LogP contribution in [0.1, 0.15) is 12.0 Å². The van der Waals surface area contributed by atoms with Crippen LogP contribution >= 0.6 is 0 Å². The van der Waals surface area contributed by atoms with E-state index in [4.69, 9.17) is 5.11 Å². The minimum absolute atomic E-state index is 0.0104. The molecule has 1 rings (SSSR count). The van der Waals surface area contributed by atoms with Crippen LogP contribution in [-0.2, 0) is 11.2 Å². The molecule has 3 heteroatoms. The van der Waals surface area contributed by atoms with Crippen molar-refractivity contribution < 1.29 is 9.90 Å². The lowest BCUT2D eigenvalue weighted by molar-refractivity contribution is -0.120. The van der Waals surface area contributed by atoms with Crippen molar-refractivity contribution in [2.24, 2.45) is 0 Å². The van der Waals surface area contributed by atoms with Gasteiger partial charge in [-0.05, 0) is 24.1 Å². The van der Waals surface area contributed by atoms with E-state index in [1.165, 1.54) is 0 Å². The number of phenols is 1. The standard InChI is InChI=1S/C12H15NO2/c1-2-3-12(15)13-9-8-10-4-6-11(14)7-5-10/h2,4-7,14H,1,3,8-9H2,(H,13,15). The third kappa shape index (κ3) is 4.31. The Hall–Kier alpha value is -1.77. The Labute approximate surface area is 89.4 Å². The fraction of sp³-hybridized carbons (Fsp3) is 0.250. The zero-order valence-electron chi connectivity index (χ0n) is 8.57. The van der Waals surface area contributed by atoms with Gasteiger partial charge in [0.25, 0.3) is 0 Å². The van der Waals surface area contributed by atoms with Crippen LogP contribution in [0.5, 0.6) is 5.75 Å². The van der Waals surface area contributed by atoms with E-state index >= 15 is 0 Å². The van der Waals surface area contributed by atoms with Crippen LogP contribution in [0.15, 0.2) is 36.9 Å². The molecule has 0 aliphatic heterocycles. The van der Waals surface area contributed by atoms with E-state index in [0.717, 1.165) is 12.0 Å². The lowest BCUT2D eigenvalue weighted by Crippen LogP contribution is -2.24. The van der Waals surface area contributed by atoms with Crippen LogP contribution in [0.2, 0.25) is 0 Å². The molecule has 0 fully saturated rings. The van der Waals surface area contributed by atoms with Crippen molar-refractivity contribution in [2.75, 3.05) is 6.54 Å². The zero-order chi connectivity index (χ0) is 11.1. The van der Waals surface area contributed by atoms with Gasteiger partial charge in [-0.2, -0.15) is 0 Å². The number of carbonyl (C=O) groups excluding carboxylic acids is 1. The van der Waals surface area contributed by atoms with Crippen molar-refractivity contribution in [1.29, 1.82) is 0 Å². The molecular formula is C12H15NO2. The second kappa shape index (κ2) is 5.86. The Bertz CT molecular complexity index is 330. The van der Waals surface area contributed by atoms with Gasteiger partial charge in [-0.1, -0.05) is 18.2 Å². The Morgan fingerprint density at radius 2 is 2.07 bits per heavy atom. The van der Waals surface area contributed by atoms with Crippen LogP contribution < -0.4 is 5.32 Å². The summed E-state index contributed by atoms with van der Waals surface area (Å²) in [7, 11) is 0. The van der Waals surface area contributed by atoms with Gasteiger partial charge >= 0.3 is 0 Å². The second-order valence-corrected chi connectivity index (χ2v) is 3.26. The molecule has 0 saturated heterocycles. The van der Waals surface area contributed by atoms with Crippen molar-refractivity contribution in [3.05, 3.63) is 42.5 Å². The van der Waals surface area contributed by atoms with E-state index < -0.39 is 0 Å². The Morgan fingerprint density at radius 3 is 2.67 bits per heavy atom. The summed E-state index contributed by atoms with van der Waals surface area (Å²) in [5.74, 6) is 0.248. The quantitative estimate of drug-likeness (QED) is 0.718. The van der Waals surface area contributed by atoms with E-state index in [9.17, 15) is 4.79 Å². The summed E-state index contributed by atoms with van der Waals surface area (Å²) in [6.07, 6.45) is 2.70. The van der Waals surface area contributed by atoms with Crippen molar-refractivity contribution in [1.82, 2.24) is 5.32 Å². The molecule has 3 nitrogen and oxygen atoms in total. The fourth-order valence-corrected chi connectivity index (χ4v) is 1.21. The second-order valence-electron chi connectivity index (χ2n) is 3.26. The number of amides is 1. The van der Waals surface area contributed by atoms with Crippen molar-refractivity contribution >= 4 is 5.91 Å². The topological polar surface area (TPSA) is 49.3 Å². The van der Waals surface area contributed by atoms with Gasteiger partial charge < -0.3 is 10.4 Å². The van der Waals surface area contributed by atoms with E-state index in [1.807, 2.05) is 12.1 Å². The molecule has 80 valence electrons. The van der Waals surface area contributed by atoms with Gasteiger partial charge in [0.2, 0.25) is 5.91 Å². The number of phenolic OH excluding ortho intramolecular Hbond substituents is 1. The first kappa shape index (κ1) is 11.3. The zero-order valence-corrected chi connectivity index (χ0v) is 8.57. The molecule has 0 heterocycles. The van der Waals surface area contributed by atoms with Gasteiger partial charge in [0.15, 0.2) is 0 Å². The maximum atomic E-state index is 11.1. The first-order chi connectivity index (χ1) is 7.22. The first-order valence-electron chi connectivity index (χ1n) is 4.88. The van der Waals surface area contributed by atoms with Gasteiger partial charge in [-0.15, -0.1) is 6.58 Å². The lowest BCUT2D eigenvalue weighted by atomic mass is 10.1. The van der Waals surface area contributed by atoms with E-state index in [-0.39, 0.29) is 11.7 Å². The predicted octanol–water partition coefficient (Wildman–Crippen LogP) is 1.63. The highest BCUT2D eigenvalue weighted by Crippen LogP contribution is 2.09. The molecule has 0 radical (unpaired) electrons. The number of benzene rings is 1. The predicted molar refractivity (Wildman–Crippen MR) is 59.6 cm³/mol. The molecule has 0 unspecified atom stereocenters. The number of hydrogen-bond acceptors (Lipinski definition) is 2. The Morgan fingerprint density at radius 1 is 1.40 bits per heavy atom. The van der Waals surface area contributed by atoms with Crippen molar-refractivity contribution in [3.8, 4) is 5.75 Å². The average molecular weight is 205 g/mol. The van der Waals surface area contributed by atoms with Crippen LogP contribution in [0.4, 0.5) is 0 Å². The number of nitrogens with one attached hydrogen (secondary N) is 1. The highest BCUT2D eigenvalue weighted by molar-refractivity contribution is 5.77. The highest BCUT2D eigenvalue weighted by atomic mass is 16.3. The van der Waals surface area contributed by atoms with Crippen molar-refractivity contribution in [3.63, 3.8) is 0 Å². The number of aromatic hydroxyl groups is 1. The third-order valence-electron chi connectivity index (χ3n) is 2.00. The lowest BCUT2D eigenvalue weighted by Gasteiger charge is -2.03. The molecule has 0 aliphatic rings. The first-order valence-corrected chi connectivity index (χ1v) is 4.88. The molecule has 0 bridgehead atoms. The van der Waals surface area contributed by atoms with E-state index in [2.05, 4.69) is 11.9 Å². The molecule has 2 N–H and O–H groups in total. The summed E-state index contributed by atoms with van der Waals surface area (Å²) in [6, 6.07) is 6.96. The molecule has 1 amide bonds. The Balaban J connectivity index is 2.28. The summed E-state index contributed by atoms with van der Waals surface area (Å²) >= 11 is 0. The molecule has 15 heavy (non-hydrogen) atoms. The molecule has 0 saturated carbocycles. The molecule has 1 aromatic carbocycles. The average Bonchev–Trinajstić information content (AvgIpc) is 2.21. The number of hydrogen-bond donors (Lipinski definition) is 2. The summed E-state index contributed by atoms with van der Waals surface area (Å²) in [6.45, 7) is 4.10.